The number of amides is 1. The second kappa shape index (κ2) is 6.18. The van der Waals surface area contributed by atoms with Crippen molar-refractivity contribution in [2.24, 2.45) is 5.10 Å². The number of hydrazone groups is 1. The Labute approximate surface area is 120 Å². The van der Waals surface area contributed by atoms with E-state index in [-0.39, 0.29) is 5.00 Å². The Bertz CT molecular complexity index is 710. The summed E-state index contributed by atoms with van der Waals surface area (Å²) in [5.41, 5.74) is 1.60. The van der Waals surface area contributed by atoms with Crippen molar-refractivity contribution in [2.75, 3.05) is 0 Å². The highest BCUT2D eigenvalue weighted by Gasteiger charge is 2.16. The summed E-state index contributed by atoms with van der Waals surface area (Å²) in [6.07, 6.45) is 1.14. The Morgan fingerprint density at radius 2 is 2.05 bits per heavy atom. The highest BCUT2D eigenvalue weighted by atomic mass is 32.1. The fourth-order valence-electron chi connectivity index (χ4n) is 1.44. The Morgan fingerprint density at radius 3 is 2.62 bits per heavy atom. The largest absolute Gasteiger partial charge is 0.324 e. The second-order valence-electron chi connectivity index (χ2n) is 3.77. The number of carbonyl (C=O) groups excluding carboxylic acids is 1. The molecule has 1 aromatic carbocycles. The van der Waals surface area contributed by atoms with Crippen LogP contribution in [0.3, 0.4) is 0 Å². The van der Waals surface area contributed by atoms with Crippen LogP contribution >= 0.6 is 11.3 Å². The SMILES string of the molecule is O=C(N/N=C/c1csc([N+](=O)[O-])c1)c1c(F)cccc1F. The van der Waals surface area contributed by atoms with E-state index in [1.54, 1.807) is 0 Å². The smallest absolute Gasteiger partial charge is 0.267 e. The van der Waals surface area contributed by atoms with Crippen molar-refractivity contribution >= 4 is 28.5 Å². The molecule has 0 aliphatic carbocycles. The van der Waals surface area contributed by atoms with E-state index in [1.807, 2.05) is 5.43 Å². The minimum absolute atomic E-state index is 0.0806. The fraction of sp³-hybridized carbons (Fsp3) is 0. The number of thiophene rings is 1. The van der Waals surface area contributed by atoms with Crippen molar-refractivity contribution in [3.63, 3.8) is 0 Å². The molecule has 1 aromatic heterocycles. The molecule has 1 amide bonds. The van der Waals surface area contributed by atoms with Crippen LogP contribution in [0.25, 0.3) is 0 Å². The Balaban J connectivity index is 2.06. The average molecular weight is 311 g/mol. The van der Waals surface area contributed by atoms with Crippen LogP contribution in [-0.2, 0) is 0 Å². The summed E-state index contributed by atoms with van der Waals surface area (Å²) in [5.74, 6) is -3.06. The maximum absolute atomic E-state index is 13.3. The molecule has 1 N–H and O–H groups in total. The summed E-state index contributed by atoms with van der Waals surface area (Å²) < 4.78 is 26.6. The first-order valence-corrected chi connectivity index (χ1v) is 6.37. The number of hydrogen-bond acceptors (Lipinski definition) is 5. The molecule has 0 atom stereocenters. The average Bonchev–Trinajstić information content (AvgIpc) is 2.87. The summed E-state index contributed by atoms with van der Waals surface area (Å²) in [6, 6.07) is 4.28. The van der Waals surface area contributed by atoms with Crippen LogP contribution in [0.15, 0.2) is 34.7 Å². The van der Waals surface area contributed by atoms with Gasteiger partial charge in [-0.15, -0.1) is 0 Å². The molecule has 0 spiro atoms. The Kier molecular flexibility index (Phi) is 4.33. The van der Waals surface area contributed by atoms with Crippen molar-refractivity contribution in [1.29, 1.82) is 0 Å². The number of nitrogens with one attached hydrogen (secondary N) is 1. The van der Waals surface area contributed by atoms with Gasteiger partial charge in [-0.3, -0.25) is 14.9 Å². The maximum atomic E-state index is 13.3. The number of carbonyl (C=O) groups is 1. The molecule has 0 aliphatic rings. The number of rotatable bonds is 4. The first kappa shape index (κ1) is 14.7. The van der Waals surface area contributed by atoms with Crippen molar-refractivity contribution < 1.29 is 18.5 Å². The lowest BCUT2D eigenvalue weighted by atomic mass is 10.2. The first-order valence-electron chi connectivity index (χ1n) is 5.49. The molecular weight excluding hydrogens is 304 g/mol. The van der Waals surface area contributed by atoms with Crippen molar-refractivity contribution in [3.8, 4) is 0 Å². The summed E-state index contributed by atoms with van der Waals surface area (Å²) in [4.78, 5) is 21.5. The van der Waals surface area contributed by atoms with Gasteiger partial charge in [0.15, 0.2) is 0 Å². The van der Waals surface area contributed by atoms with Gasteiger partial charge in [0.25, 0.3) is 5.91 Å². The van der Waals surface area contributed by atoms with E-state index in [1.165, 1.54) is 11.4 Å². The van der Waals surface area contributed by atoms with Crippen LogP contribution in [0.5, 0.6) is 0 Å². The molecule has 21 heavy (non-hydrogen) atoms. The van der Waals surface area contributed by atoms with Gasteiger partial charge >= 0.3 is 5.00 Å². The van der Waals surface area contributed by atoms with Crippen LogP contribution in [0, 0.1) is 21.7 Å². The lowest BCUT2D eigenvalue weighted by Gasteiger charge is -2.02. The third-order valence-electron chi connectivity index (χ3n) is 2.36. The van der Waals surface area contributed by atoms with Gasteiger partial charge in [0.2, 0.25) is 0 Å². The van der Waals surface area contributed by atoms with E-state index in [4.69, 9.17) is 0 Å². The number of benzene rings is 1. The zero-order valence-electron chi connectivity index (χ0n) is 10.2. The van der Waals surface area contributed by atoms with Crippen LogP contribution in [0.1, 0.15) is 15.9 Å². The predicted molar refractivity (Wildman–Crippen MR) is 72.4 cm³/mol. The van der Waals surface area contributed by atoms with Gasteiger partial charge < -0.3 is 0 Å². The van der Waals surface area contributed by atoms with Gasteiger partial charge in [0.1, 0.15) is 17.2 Å². The highest BCUT2D eigenvalue weighted by Crippen LogP contribution is 2.21. The monoisotopic (exact) mass is 311 g/mol. The standard InChI is InChI=1S/C12H7F2N3O3S/c13-8-2-1-3-9(14)11(8)12(18)16-15-5-7-4-10(17(19)20)21-6-7/h1-6H,(H,16,18)/b15-5+. The molecule has 1 heterocycles. The molecule has 0 fully saturated rings. The van der Waals surface area contributed by atoms with E-state index in [0.29, 0.717) is 5.56 Å². The third-order valence-corrected chi connectivity index (χ3v) is 3.25. The number of hydrogen-bond donors (Lipinski definition) is 1. The van der Waals surface area contributed by atoms with E-state index >= 15 is 0 Å². The lowest BCUT2D eigenvalue weighted by molar-refractivity contribution is -0.380. The molecule has 0 saturated carbocycles. The quantitative estimate of drug-likeness (QED) is 0.535. The van der Waals surface area contributed by atoms with E-state index in [2.05, 4.69) is 5.10 Å². The molecule has 6 nitrogen and oxygen atoms in total. The molecule has 0 bridgehead atoms. The van der Waals surface area contributed by atoms with E-state index in [0.717, 1.165) is 35.8 Å². The lowest BCUT2D eigenvalue weighted by Crippen LogP contribution is -2.20. The van der Waals surface area contributed by atoms with Gasteiger partial charge in [-0.05, 0) is 12.1 Å². The molecule has 0 saturated heterocycles. The molecule has 0 aliphatic heterocycles. The highest BCUT2D eigenvalue weighted by molar-refractivity contribution is 7.13. The minimum Gasteiger partial charge on any atom is -0.267 e. The van der Waals surface area contributed by atoms with Gasteiger partial charge in [-0.1, -0.05) is 17.4 Å². The van der Waals surface area contributed by atoms with Gasteiger partial charge in [0.05, 0.1) is 11.1 Å². The minimum atomic E-state index is -1.05. The van der Waals surface area contributed by atoms with Crippen LogP contribution in [-0.4, -0.2) is 17.0 Å². The maximum Gasteiger partial charge on any atom is 0.324 e. The topological polar surface area (TPSA) is 84.6 Å². The molecular formula is C12H7F2N3O3S. The first-order chi connectivity index (χ1) is 9.99. The molecule has 2 aromatic rings. The van der Waals surface area contributed by atoms with Gasteiger partial charge in [0, 0.05) is 17.0 Å². The number of nitrogens with zero attached hydrogens (tertiary/aromatic N) is 2. The van der Waals surface area contributed by atoms with E-state index in [9.17, 15) is 23.7 Å². The van der Waals surface area contributed by atoms with Crippen molar-refractivity contribution in [3.05, 3.63) is 62.5 Å². The van der Waals surface area contributed by atoms with Crippen molar-refractivity contribution in [2.45, 2.75) is 0 Å². The predicted octanol–water partition coefficient (Wildman–Crippen LogP) is 2.70. The van der Waals surface area contributed by atoms with Crippen molar-refractivity contribution in [1.82, 2.24) is 5.43 Å². The number of nitro groups is 1. The molecule has 2 rings (SSSR count). The molecule has 0 radical (unpaired) electrons. The van der Waals surface area contributed by atoms with Gasteiger partial charge in [-0.2, -0.15) is 5.10 Å². The Morgan fingerprint density at radius 1 is 1.38 bits per heavy atom. The third kappa shape index (κ3) is 3.45. The molecule has 108 valence electrons. The van der Waals surface area contributed by atoms with Crippen LogP contribution in [0.4, 0.5) is 13.8 Å². The van der Waals surface area contributed by atoms with Crippen LogP contribution < -0.4 is 5.43 Å². The summed E-state index contributed by atoms with van der Waals surface area (Å²) in [7, 11) is 0. The number of halogens is 2. The summed E-state index contributed by atoms with van der Waals surface area (Å²) in [5, 5.41) is 15.3. The summed E-state index contributed by atoms with van der Waals surface area (Å²) in [6.45, 7) is 0. The zero-order valence-corrected chi connectivity index (χ0v) is 11.1. The Hall–Kier alpha value is -2.68. The van der Waals surface area contributed by atoms with E-state index < -0.39 is 28.0 Å². The zero-order chi connectivity index (χ0) is 15.4. The van der Waals surface area contributed by atoms with Gasteiger partial charge in [-0.25, -0.2) is 14.2 Å². The van der Waals surface area contributed by atoms with Crippen LogP contribution in [0.2, 0.25) is 0 Å². The normalized spacial score (nSPS) is 10.8. The molecule has 0 unspecified atom stereocenters. The second-order valence-corrected chi connectivity index (χ2v) is 4.66. The fourth-order valence-corrected chi connectivity index (χ4v) is 2.11. The molecule has 9 heteroatoms. The summed E-state index contributed by atoms with van der Waals surface area (Å²) >= 11 is 0.895.